The minimum absolute atomic E-state index is 0.0409. The number of hydrogen-bond donors (Lipinski definition) is 2. The SMILES string of the molecule is CC1CN[C@H](C)C1C(=O)OCC1(COC(=O)[C@@H]2C3CC2(C)CN3)COC1. The standard InChI is InChI=1S/C19H30N2O5/c1-11-5-20-12(2)14(11)16(22)25-9-19(7-24-8-19)10-26-17(23)15-13-4-18(15,3)6-21-13/h11-15,20-21H,4-10H2,1-3H3/t11?,12-,13?,14?,15+,18?/m1/s1. The summed E-state index contributed by atoms with van der Waals surface area (Å²) in [5, 5.41) is 6.68. The van der Waals surface area contributed by atoms with Crippen molar-refractivity contribution in [2.45, 2.75) is 39.3 Å². The molecule has 7 nitrogen and oxygen atoms in total. The van der Waals surface area contributed by atoms with Gasteiger partial charge in [-0.1, -0.05) is 13.8 Å². The molecule has 5 rings (SSSR count). The maximum atomic E-state index is 12.5. The van der Waals surface area contributed by atoms with Crippen LogP contribution in [0.4, 0.5) is 0 Å². The highest BCUT2D eigenvalue weighted by molar-refractivity contribution is 5.77. The van der Waals surface area contributed by atoms with Gasteiger partial charge in [0, 0.05) is 18.6 Å². The summed E-state index contributed by atoms with van der Waals surface area (Å²) in [7, 11) is 0. The fourth-order valence-corrected chi connectivity index (χ4v) is 5.05. The Labute approximate surface area is 154 Å². The second-order valence-corrected chi connectivity index (χ2v) is 9.23. The second kappa shape index (κ2) is 6.46. The first kappa shape index (κ1) is 18.2. The van der Waals surface area contributed by atoms with Gasteiger partial charge >= 0.3 is 11.9 Å². The quantitative estimate of drug-likeness (QED) is 0.655. The van der Waals surface area contributed by atoms with Crippen LogP contribution in [0.25, 0.3) is 0 Å². The normalized spacial score (nSPS) is 42.7. The lowest BCUT2D eigenvalue weighted by molar-refractivity contribution is -0.196. The summed E-state index contributed by atoms with van der Waals surface area (Å²) in [4.78, 5) is 25.0. The van der Waals surface area contributed by atoms with E-state index in [9.17, 15) is 9.59 Å². The number of hydrogen-bond acceptors (Lipinski definition) is 7. The highest BCUT2D eigenvalue weighted by atomic mass is 16.6. The van der Waals surface area contributed by atoms with Gasteiger partial charge < -0.3 is 24.8 Å². The predicted molar refractivity (Wildman–Crippen MR) is 93.3 cm³/mol. The van der Waals surface area contributed by atoms with Gasteiger partial charge in [-0.2, -0.15) is 0 Å². The average Bonchev–Trinajstić information content (AvgIpc) is 3.19. The zero-order valence-electron chi connectivity index (χ0n) is 15.9. The summed E-state index contributed by atoms with van der Waals surface area (Å²) in [6.45, 7) is 9.37. The molecule has 4 saturated heterocycles. The van der Waals surface area contributed by atoms with Crippen LogP contribution in [0.2, 0.25) is 0 Å². The zero-order valence-corrected chi connectivity index (χ0v) is 15.9. The van der Waals surface area contributed by atoms with Crippen LogP contribution in [0, 0.1) is 28.6 Å². The number of rotatable bonds is 6. The van der Waals surface area contributed by atoms with E-state index in [1.807, 2.05) is 6.92 Å². The van der Waals surface area contributed by atoms with Crippen molar-refractivity contribution in [3.05, 3.63) is 0 Å². The van der Waals surface area contributed by atoms with Gasteiger partial charge in [0.05, 0.1) is 30.5 Å². The Balaban J connectivity index is 1.28. The molecule has 5 fully saturated rings. The molecule has 6 atom stereocenters. The van der Waals surface area contributed by atoms with Crippen LogP contribution < -0.4 is 10.6 Å². The smallest absolute Gasteiger partial charge is 0.311 e. The van der Waals surface area contributed by atoms with Crippen LogP contribution in [0.1, 0.15) is 27.2 Å². The Morgan fingerprint density at radius 2 is 1.81 bits per heavy atom. The van der Waals surface area contributed by atoms with Crippen molar-refractivity contribution in [3.63, 3.8) is 0 Å². The summed E-state index contributed by atoms with van der Waals surface area (Å²) >= 11 is 0. The number of fused-ring (bicyclic) bond motifs is 1. The van der Waals surface area contributed by atoms with Crippen LogP contribution in [0.3, 0.4) is 0 Å². The van der Waals surface area contributed by atoms with Crippen molar-refractivity contribution in [3.8, 4) is 0 Å². The Hall–Kier alpha value is -1.18. The Morgan fingerprint density at radius 1 is 1.12 bits per heavy atom. The third kappa shape index (κ3) is 2.94. The van der Waals surface area contributed by atoms with E-state index in [-0.39, 0.29) is 65.8 Å². The molecule has 5 aliphatic rings. The molecule has 0 aromatic heterocycles. The molecular weight excluding hydrogens is 336 g/mol. The summed E-state index contributed by atoms with van der Waals surface area (Å²) in [5.41, 5.74) is -0.347. The topological polar surface area (TPSA) is 85.9 Å². The van der Waals surface area contributed by atoms with Gasteiger partial charge in [-0.3, -0.25) is 9.59 Å². The van der Waals surface area contributed by atoms with Crippen molar-refractivity contribution in [1.82, 2.24) is 10.6 Å². The maximum absolute atomic E-state index is 12.5. The molecule has 4 unspecified atom stereocenters. The van der Waals surface area contributed by atoms with Crippen molar-refractivity contribution >= 4 is 11.9 Å². The molecule has 1 aliphatic carbocycles. The first-order valence-corrected chi connectivity index (χ1v) is 9.71. The van der Waals surface area contributed by atoms with Crippen LogP contribution in [0.15, 0.2) is 0 Å². The molecule has 4 aliphatic heterocycles. The van der Waals surface area contributed by atoms with Gasteiger partial charge in [0.1, 0.15) is 13.2 Å². The molecular formula is C19H30N2O5. The lowest BCUT2D eigenvalue weighted by Gasteiger charge is -2.44. The third-order valence-corrected chi connectivity index (χ3v) is 6.90. The largest absolute Gasteiger partial charge is 0.464 e. The molecule has 0 spiro atoms. The number of nitrogens with one attached hydrogen (secondary N) is 2. The van der Waals surface area contributed by atoms with E-state index in [1.54, 1.807) is 0 Å². The van der Waals surface area contributed by atoms with Gasteiger partial charge in [0.2, 0.25) is 0 Å². The van der Waals surface area contributed by atoms with E-state index in [1.165, 1.54) is 0 Å². The van der Waals surface area contributed by atoms with Gasteiger partial charge in [-0.15, -0.1) is 0 Å². The lowest BCUT2D eigenvalue weighted by atomic mass is 9.62. The fraction of sp³-hybridized carbons (Fsp3) is 0.895. The molecule has 0 aromatic carbocycles. The number of carbonyl (C=O) groups is 2. The third-order valence-electron chi connectivity index (χ3n) is 6.90. The molecule has 2 bridgehead atoms. The van der Waals surface area contributed by atoms with Gasteiger partial charge in [-0.25, -0.2) is 0 Å². The zero-order chi connectivity index (χ0) is 18.5. The Morgan fingerprint density at radius 3 is 2.27 bits per heavy atom. The van der Waals surface area contributed by atoms with Gasteiger partial charge in [0.15, 0.2) is 0 Å². The van der Waals surface area contributed by atoms with Crippen molar-refractivity contribution in [1.29, 1.82) is 0 Å². The number of carbonyl (C=O) groups excluding carboxylic acids is 2. The minimum Gasteiger partial charge on any atom is -0.464 e. The van der Waals surface area contributed by atoms with Crippen LogP contribution in [-0.4, -0.2) is 63.5 Å². The molecule has 1 saturated carbocycles. The van der Waals surface area contributed by atoms with E-state index in [0.29, 0.717) is 13.2 Å². The maximum Gasteiger partial charge on any atom is 0.311 e. The lowest BCUT2D eigenvalue weighted by Crippen LogP contribution is -2.53. The van der Waals surface area contributed by atoms with Crippen LogP contribution in [-0.2, 0) is 23.8 Å². The molecule has 0 radical (unpaired) electrons. The molecule has 0 amide bonds. The van der Waals surface area contributed by atoms with Crippen LogP contribution >= 0.6 is 0 Å². The molecule has 26 heavy (non-hydrogen) atoms. The monoisotopic (exact) mass is 366 g/mol. The molecule has 146 valence electrons. The van der Waals surface area contributed by atoms with Crippen molar-refractivity contribution in [2.24, 2.45) is 28.6 Å². The highest BCUT2D eigenvalue weighted by Crippen LogP contribution is 2.51. The van der Waals surface area contributed by atoms with Crippen molar-refractivity contribution in [2.75, 3.05) is 39.5 Å². The number of ether oxygens (including phenoxy) is 3. The summed E-state index contributed by atoms with van der Waals surface area (Å²) in [6, 6.07) is 0.392. The summed E-state index contributed by atoms with van der Waals surface area (Å²) in [6.07, 6.45) is 1.05. The van der Waals surface area contributed by atoms with E-state index >= 15 is 0 Å². The number of esters is 2. The predicted octanol–water partition coefficient (Wildman–Crippen LogP) is 0.331. The Bertz CT molecular complexity index is 553. The van der Waals surface area contributed by atoms with Gasteiger partial charge in [0.25, 0.3) is 0 Å². The first-order valence-electron chi connectivity index (χ1n) is 9.71. The Kier molecular flexibility index (Phi) is 4.52. The summed E-state index contributed by atoms with van der Waals surface area (Å²) in [5.74, 6) is -0.192. The molecule has 2 N–H and O–H groups in total. The molecule has 4 heterocycles. The second-order valence-electron chi connectivity index (χ2n) is 9.23. The van der Waals surface area contributed by atoms with E-state index in [0.717, 1.165) is 19.5 Å². The van der Waals surface area contributed by atoms with Crippen LogP contribution in [0.5, 0.6) is 0 Å². The fourth-order valence-electron chi connectivity index (χ4n) is 5.05. The van der Waals surface area contributed by atoms with Gasteiger partial charge in [-0.05, 0) is 31.2 Å². The highest BCUT2D eigenvalue weighted by Gasteiger charge is 2.60. The average molecular weight is 366 g/mol. The van der Waals surface area contributed by atoms with E-state index in [4.69, 9.17) is 14.2 Å². The van der Waals surface area contributed by atoms with E-state index in [2.05, 4.69) is 24.5 Å². The van der Waals surface area contributed by atoms with E-state index < -0.39 is 0 Å². The summed E-state index contributed by atoms with van der Waals surface area (Å²) < 4.78 is 16.6. The molecule has 0 aromatic rings. The minimum atomic E-state index is -0.388. The molecule has 7 heteroatoms. The van der Waals surface area contributed by atoms with Crippen molar-refractivity contribution < 1.29 is 23.8 Å². The first-order chi connectivity index (χ1) is 12.3.